The van der Waals surface area contributed by atoms with Gasteiger partial charge in [-0.25, -0.2) is 0 Å². The van der Waals surface area contributed by atoms with Crippen LogP contribution in [-0.2, 0) is 11.2 Å². The second-order valence-corrected chi connectivity index (χ2v) is 6.89. The van der Waals surface area contributed by atoms with Crippen LogP contribution < -0.4 is 0 Å². The molecule has 1 aliphatic heterocycles. The van der Waals surface area contributed by atoms with Gasteiger partial charge in [0.15, 0.2) is 5.82 Å². The maximum Gasteiger partial charge on any atom is 0.231 e. The summed E-state index contributed by atoms with van der Waals surface area (Å²) in [6.07, 6.45) is 3.77. The van der Waals surface area contributed by atoms with Gasteiger partial charge in [-0.15, -0.1) is 0 Å². The molecule has 5 nitrogen and oxygen atoms in total. The van der Waals surface area contributed by atoms with Crippen LogP contribution in [0.2, 0.25) is 0 Å². The van der Waals surface area contributed by atoms with Gasteiger partial charge in [-0.3, -0.25) is 4.79 Å². The zero-order valence-electron chi connectivity index (χ0n) is 14.0. The third kappa shape index (κ3) is 2.95. The molecule has 4 rings (SSSR count). The first-order valence-corrected chi connectivity index (χ1v) is 8.92. The number of carbonyl (C=O) groups excluding carboxylic acids is 1. The van der Waals surface area contributed by atoms with Crippen molar-refractivity contribution in [2.45, 2.75) is 44.4 Å². The van der Waals surface area contributed by atoms with Crippen LogP contribution in [0.15, 0.2) is 34.9 Å². The topological polar surface area (TPSA) is 59.2 Å². The summed E-state index contributed by atoms with van der Waals surface area (Å²) >= 11 is 0. The molecule has 1 saturated carbocycles. The van der Waals surface area contributed by atoms with Crippen LogP contribution in [0.3, 0.4) is 0 Å². The summed E-state index contributed by atoms with van der Waals surface area (Å²) in [5, 5.41) is 3.99. The Balaban J connectivity index is 1.40. The standard InChI is InChI=1S/C19H23N3O2/c1-2-17-20-18(24-21-17)14-9-6-10-22(12-14)19(23)16-11-15(16)13-7-4-3-5-8-13/h3-5,7-8,14-16H,2,6,9-12H2,1H3/t14-,15-,16+/m1/s1. The molecule has 0 bridgehead atoms. The number of rotatable bonds is 4. The van der Waals surface area contributed by atoms with E-state index < -0.39 is 0 Å². The Bertz CT molecular complexity index is 712. The molecule has 2 aromatic rings. The molecular formula is C19H23N3O2. The first kappa shape index (κ1) is 15.4. The predicted molar refractivity (Wildman–Crippen MR) is 89.5 cm³/mol. The largest absolute Gasteiger partial charge is 0.342 e. The molecule has 0 spiro atoms. The number of nitrogens with zero attached hydrogens (tertiary/aromatic N) is 3. The number of likely N-dealkylation sites (tertiary alicyclic amines) is 1. The van der Waals surface area contributed by atoms with Crippen molar-refractivity contribution < 1.29 is 9.32 Å². The van der Waals surface area contributed by atoms with Gasteiger partial charge in [0.05, 0.1) is 5.92 Å². The van der Waals surface area contributed by atoms with Gasteiger partial charge in [0.2, 0.25) is 11.8 Å². The van der Waals surface area contributed by atoms with E-state index in [1.807, 2.05) is 30.0 Å². The number of aryl methyl sites for hydroxylation is 1. The van der Waals surface area contributed by atoms with Gasteiger partial charge in [0.1, 0.15) is 0 Å². The van der Waals surface area contributed by atoms with Crippen molar-refractivity contribution in [2.75, 3.05) is 13.1 Å². The number of hydrogen-bond acceptors (Lipinski definition) is 4. The molecule has 2 heterocycles. The minimum atomic E-state index is 0.153. The Morgan fingerprint density at radius 3 is 2.92 bits per heavy atom. The molecule has 5 heteroatoms. The molecule has 2 fully saturated rings. The van der Waals surface area contributed by atoms with Crippen molar-refractivity contribution in [1.82, 2.24) is 15.0 Å². The summed E-state index contributed by atoms with van der Waals surface area (Å²) in [4.78, 5) is 19.3. The molecule has 126 valence electrons. The quantitative estimate of drug-likeness (QED) is 0.866. The average molecular weight is 325 g/mol. The lowest BCUT2D eigenvalue weighted by Gasteiger charge is -2.31. The van der Waals surface area contributed by atoms with Crippen LogP contribution >= 0.6 is 0 Å². The van der Waals surface area contributed by atoms with E-state index in [-0.39, 0.29) is 11.8 Å². The Morgan fingerprint density at radius 1 is 1.33 bits per heavy atom. The molecule has 24 heavy (non-hydrogen) atoms. The number of piperidine rings is 1. The first-order chi connectivity index (χ1) is 11.8. The third-order valence-corrected chi connectivity index (χ3v) is 5.22. The van der Waals surface area contributed by atoms with Crippen LogP contribution in [-0.4, -0.2) is 34.0 Å². The van der Waals surface area contributed by atoms with Gasteiger partial charge >= 0.3 is 0 Å². The highest BCUT2D eigenvalue weighted by atomic mass is 16.5. The SMILES string of the molecule is CCc1noc([C@@H]2CCCN(C(=O)[C@H]3C[C@@H]3c3ccccc3)C2)n1. The zero-order valence-corrected chi connectivity index (χ0v) is 14.0. The molecule has 1 amide bonds. The lowest BCUT2D eigenvalue weighted by Crippen LogP contribution is -2.40. The highest BCUT2D eigenvalue weighted by molar-refractivity contribution is 5.83. The molecular weight excluding hydrogens is 302 g/mol. The molecule has 2 aliphatic rings. The lowest BCUT2D eigenvalue weighted by atomic mass is 9.97. The van der Waals surface area contributed by atoms with E-state index >= 15 is 0 Å². The molecule has 1 aromatic carbocycles. The monoisotopic (exact) mass is 325 g/mol. The maximum atomic E-state index is 12.8. The second kappa shape index (κ2) is 6.38. The van der Waals surface area contributed by atoms with Gasteiger partial charge in [0, 0.05) is 25.4 Å². The van der Waals surface area contributed by atoms with Gasteiger partial charge < -0.3 is 9.42 Å². The van der Waals surface area contributed by atoms with Crippen LogP contribution in [0.25, 0.3) is 0 Å². The van der Waals surface area contributed by atoms with Crippen molar-refractivity contribution in [3.05, 3.63) is 47.6 Å². The van der Waals surface area contributed by atoms with E-state index in [1.165, 1.54) is 5.56 Å². The van der Waals surface area contributed by atoms with Crippen LogP contribution in [0, 0.1) is 5.92 Å². The van der Waals surface area contributed by atoms with Crippen molar-refractivity contribution in [1.29, 1.82) is 0 Å². The average Bonchev–Trinajstić information content (AvgIpc) is 3.30. The van der Waals surface area contributed by atoms with Gasteiger partial charge in [-0.05, 0) is 30.7 Å². The van der Waals surface area contributed by atoms with E-state index in [1.54, 1.807) is 0 Å². The van der Waals surface area contributed by atoms with Crippen LogP contribution in [0.5, 0.6) is 0 Å². The maximum absolute atomic E-state index is 12.8. The minimum Gasteiger partial charge on any atom is -0.342 e. The summed E-state index contributed by atoms with van der Waals surface area (Å²) in [5.74, 6) is 2.47. The molecule has 3 atom stereocenters. The van der Waals surface area contributed by atoms with Crippen molar-refractivity contribution in [2.24, 2.45) is 5.92 Å². The van der Waals surface area contributed by atoms with Crippen molar-refractivity contribution >= 4 is 5.91 Å². The fraction of sp³-hybridized carbons (Fsp3) is 0.526. The highest BCUT2D eigenvalue weighted by Gasteiger charge is 2.46. The van der Waals surface area contributed by atoms with Gasteiger partial charge in [0.25, 0.3) is 0 Å². The smallest absolute Gasteiger partial charge is 0.231 e. The second-order valence-electron chi connectivity index (χ2n) is 6.89. The van der Waals surface area contributed by atoms with Gasteiger partial charge in [-0.1, -0.05) is 42.4 Å². The molecule has 0 N–H and O–H groups in total. The summed E-state index contributed by atoms with van der Waals surface area (Å²) < 4.78 is 5.39. The van der Waals surface area contributed by atoms with E-state index in [4.69, 9.17) is 4.52 Å². The Labute approximate surface area is 142 Å². The van der Waals surface area contributed by atoms with Crippen molar-refractivity contribution in [3.63, 3.8) is 0 Å². The number of amides is 1. The Morgan fingerprint density at radius 2 is 2.17 bits per heavy atom. The molecule has 0 unspecified atom stereocenters. The molecule has 0 radical (unpaired) electrons. The number of carbonyl (C=O) groups is 1. The lowest BCUT2D eigenvalue weighted by molar-refractivity contribution is -0.134. The summed E-state index contributed by atoms with van der Waals surface area (Å²) in [6.45, 7) is 3.58. The zero-order chi connectivity index (χ0) is 16.5. The number of aromatic nitrogens is 2. The van der Waals surface area contributed by atoms with Crippen LogP contribution in [0.4, 0.5) is 0 Å². The fourth-order valence-electron chi connectivity index (χ4n) is 3.73. The van der Waals surface area contributed by atoms with Crippen LogP contribution in [0.1, 0.15) is 55.3 Å². The number of hydrogen-bond donors (Lipinski definition) is 0. The van der Waals surface area contributed by atoms with E-state index in [0.717, 1.165) is 38.1 Å². The predicted octanol–water partition coefficient (Wildman–Crippen LogP) is 3.14. The fourth-order valence-corrected chi connectivity index (χ4v) is 3.73. The summed E-state index contributed by atoms with van der Waals surface area (Å²) in [5.41, 5.74) is 1.29. The molecule has 1 aromatic heterocycles. The van der Waals surface area contributed by atoms with E-state index in [2.05, 4.69) is 22.3 Å². The molecule has 1 saturated heterocycles. The minimum absolute atomic E-state index is 0.153. The van der Waals surface area contributed by atoms with Gasteiger partial charge in [-0.2, -0.15) is 4.98 Å². The molecule has 1 aliphatic carbocycles. The summed E-state index contributed by atoms with van der Waals surface area (Å²) in [6, 6.07) is 10.4. The Hall–Kier alpha value is -2.17. The number of benzene rings is 1. The van der Waals surface area contributed by atoms with E-state index in [0.29, 0.717) is 24.3 Å². The third-order valence-electron chi connectivity index (χ3n) is 5.22. The Kier molecular flexibility index (Phi) is 4.08. The summed E-state index contributed by atoms with van der Waals surface area (Å²) in [7, 11) is 0. The van der Waals surface area contributed by atoms with Crippen molar-refractivity contribution in [3.8, 4) is 0 Å². The highest BCUT2D eigenvalue weighted by Crippen LogP contribution is 2.48. The first-order valence-electron chi connectivity index (χ1n) is 8.92. The van der Waals surface area contributed by atoms with E-state index in [9.17, 15) is 4.79 Å². The normalized spacial score (nSPS) is 26.4.